The van der Waals surface area contributed by atoms with Gasteiger partial charge in [-0.1, -0.05) is 11.6 Å². The van der Waals surface area contributed by atoms with E-state index in [1.807, 2.05) is 11.5 Å². The highest BCUT2D eigenvalue weighted by Crippen LogP contribution is 2.28. The fourth-order valence-electron chi connectivity index (χ4n) is 2.47. The van der Waals surface area contributed by atoms with Crippen LogP contribution in [0, 0.1) is 18.6 Å². The highest BCUT2D eigenvalue weighted by Gasteiger charge is 2.12. The Kier molecular flexibility index (Phi) is 3.14. The molecule has 3 rings (SSSR count). The zero-order chi connectivity index (χ0) is 14.3. The molecule has 0 unspecified atom stereocenters. The highest BCUT2D eigenvalue weighted by molar-refractivity contribution is 7.71. The van der Waals surface area contributed by atoms with Crippen molar-refractivity contribution >= 4 is 23.1 Å². The molecule has 1 N–H and O–H groups in total. The Balaban J connectivity index is 2.40. The second-order valence-corrected chi connectivity index (χ2v) is 5.32. The summed E-state index contributed by atoms with van der Waals surface area (Å²) >= 11 is 5.28. The van der Waals surface area contributed by atoms with Gasteiger partial charge < -0.3 is 4.57 Å². The Hall–Kier alpha value is -2.01. The van der Waals surface area contributed by atoms with Gasteiger partial charge in [0.25, 0.3) is 0 Å². The molecule has 0 aliphatic heterocycles. The average Bonchev–Trinajstić information content (AvgIpc) is 2.79. The molecule has 0 fully saturated rings. The van der Waals surface area contributed by atoms with Crippen LogP contribution < -0.4 is 0 Å². The lowest BCUT2D eigenvalue weighted by Crippen LogP contribution is -1.99. The second kappa shape index (κ2) is 4.83. The molecule has 1 aromatic carbocycles. The summed E-state index contributed by atoms with van der Waals surface area (Å²) in [5.74, 6) is 0.874. The fraction of sp³-hybridized carbons (Fsp3) is 0.267. The maximum absolute atomic E-state index is 5.28. The summed E-state index contributed by atoms with van der Waals surface area (Å²) in [6.45, 7) is 6.94. The lowest BCUT2D eigenvalue weighted by atomic mass is 10.0. The van der Waals surface area contributed by atoms with Crippen LogP contribution in [0.1, 0.15) is 18.2 Å². The summed E-state index contributed by atoms with van der Waals surface area (Å²) in [4.78, 5) is 4.59. The van der Waals surface area contributed by atoms with Gasteiger partial charge in [0.05, 0.1) is 5.52 Å². The SMILES string of the molecule is CCn1c(-c2cc(C)nc3ccc(C)cc23)n[nH]c1=S. The molecular weight excluding hydrogens is 268 g/mol. The quantitative estimate of drug-likeness (QED) is 0.728. The molecule has 0 radical (unpaired) electrons. The molecule has 0 saturated carbocycles. The summed E-state index contributed by atoms with van der Waals surface area (Å²) in [5.41, 5.74) is 4.25. The van der Waals surface area contributed by atoms with Crippen LogP contribution in [-0.2, 0) is 6.54 Å². The summed E-state index contributed by atoms with van der Waals surface area (Å²) in [7, 11) is 0. The number of fused-ring (bicyclic) bond motifs is 1. The zero-order valence-corrected chi connectivity index (χ0v) is 12.6. The van der Waals surface area contributed by atoms with E-state index < -0.39 is 0 Å². The van der Waals surface area contributed by atoms with Crippen molar-refractivity contribution in [3.05, 3.63) is 40.3 Å². The number of hydrogen-bond donors (Lipinski definition) is 1. The standard InChI is InChI=1S/C15H16N4S/c1-4-19-14(17-18-15(19)20)12-8-10(3)16-13-6-5-9(2)7-11(12)13/h5-8H,4H2,1-3H3,(H,18,20). The maximum Gasteiger partial charge on any atom is 0.195 e. The fourth-order valence-corrected chi connectivity index (χ4v) is 2.73. The molecule has 3 aromatic rings. The van der Waals surface area contributed by atoms with Crippen molar-refractivity contribution in [1.82, 2.24) is 19.7 Å². The molecule has 0 aliphatic carbocycles. The van der Waals surface area contributed by atoms with E-state index in [-0.39, 0.29) is 0 Å². The maximum atomic E-state index is 5.28. The van der Waals surface area contributed by atoms with E-state index in [0.717, 1.165) is 34.5 Å². The second-order valence-electron chi connectivity index (χ2n) is 4.93. The van der Waals surface area contributed by atoms with Crippen LogP contribution in [0.5, 0.6) is 0 Å². The first kappa shape index (κ1) is 13.0. The summed E-state index contributed by atoms with van der Waals surface area (Å²) in [5, 5.41) is 8.39. The number of rotatable bonds is 2. The van der Waals surface area contributed by atoms with E-state index in [4.69, 9.17) is 12.2 Å². The molecular formula is C15H16N4S. The number of pyridine rings is 1. The number of nitrogens with one attached hydrogen (secondary N) is 1. The molecule has 4 nitrogen and oxygen atoms in total. The van der Waals surface area contributed by atoms with Gasteiger partial charge in [0.2, 0.25) is 0 Å². The number of H-pyrrole nitrogens is 1. The van der Waals surface area contributed by atoms with E-state index in [1.165, 1.54) is 5.56 Å². The van der Waals surface area contributed by atoms with Gasteiger partial charge in [0.1, 0.15) is 0 Å². The Bertz CT molecular complexity index is 845. The number of nitrogens with zero attached hydrogens (tertiary/aromatic N) is 3. The minimum Gasteiger partial charge on any atom is -0.300 e. The van der Waals surface area contributed by atoms with Crippen molar-refractivity contribution < 1.29 is 0 Å². The van der Waals surface area contributed by atoms with E-state index in [2.05, 4.69) is 53.3 Å². The monoisotopic (exact) mass is 284 g/mol. The molecule has 0 spiro atoms. The lowest BCUT2D eigenvalue weighted by molar-refractivity contribution is 0.756. The molecule has 0 atom stereocenters. The lowest BCUT2D eigenvalue weighted by Gasteiger charge is -2.09. The van der Waals surface area contributed by atoms with Crippen LogP contribution in [0.2, 0.25) is 0 Å². The van der Waals surface area contributed by atoms with Crippen molar-refractivity contribution in [3.63, 3.8) is 0 Å². The van der Waals surface area contributed by atoms with Gasteiger partial charge >= 0.3 is 0 Å². The van der Waals surface area contributed by atoms with Gasteiger partial charge in [-0.2, -0.15) is 5.10 Å². The largest absolute Gasteiger partial charge is 0.300 e. The molecule has 2 heterocycles. The Morgan fingerprint density at radius 1 is 1.25 bits per heavy atom. The minimum atomic E-state index is 0.651. The van der Waals surface area contributed by atoms with Crippen molar-refractivity contribution in [2.75, 3.05) is 0 Å². The predicted molar refractivity (Wildman–Crippen MR) is 83.3 cm³/mol. The topological polar surface area (TPSA) is 46.5 Å². The third-order valence-electron chi connectivity index (χ3n) is 3.41. The first-order valence-electron chi connectivity index (χ1n) is 6.63. The smallest absolute Gasteiger partial charge is 0.195 e. The Morgan fingerprint density at radius 2 is 2.05 bits per heavy atom. The van der Waals surface area contributed by atoms with Gasteiger partial charge in [0.15, 0.2) is 10.6 Å². The number of aryl methyl sites for hydroxylation is 2. The molecule has 2 aromatic heterocycles. The van der Waals surface area contributed by atoms with Crippen LogP contribution in [0.25, 0.3) is 22.3 Å². The molecule has 20 heavy (non-hydrogen) atoms. The zero-order valence-electron chi connectivity index (χ0n) is 11.8. The average molecular weight is 284 g/mol. The highest BCUT2D eigenvalue weighted by atomic mass is 32.1. The summed E-state index contributed by atoms with van der Waals surface area (Å²) in [6.07, 6.45) is 0. The van der Waals surface area contributed by atoms with Gasteiger partial charge in [-0.25, -0.2) is 0 Å². The first-order chi connectivity index (χ1) is 9.60. The van der Waals surface area contributed by atoms with Crippen molar-refractivity contribution in [2.45, 2.75) is 27.3 Å². The van der Waals surface area contributed by atoms with Gasteiger partial charge in [-0.05, 0) is 51.2 Å². The molecule has 0 saturated heterocycles. The Labute approximate surface area is 122 Å². The van der Waals surface area contributed by atoms with Crippen LogP contribution in [0.3, 0.4) is 0 Å². The summed E-state index contributed by atoms with van der Waals surface area (Å²) < 4.78 is 2.66. The molecule has 5 heteroatoms. The van der Waals surface area contributed by atoms with Crippen molar-refractivity contribution in [1.29, 1.82) is 0 Å². The van der Waals surface area contributed by atoms with Gasteiger partial charge in [-0.3, -0.25) is 10.1 Å². The van der Waals surface area contributed by atoms with Gasteiger partial charge in [-0.15, -0.1) is 0 Å². The molecule has 0 amide bonds. The minimum absolute atomic E-state index is 0.651. The first-order valence-corrected chi connectivity index (χ1v) is 7.04. The third kappa shape index (κ3) is 2.04. The normalized spacial score (nSPS) is 11.2. The number of benzene rings is 1. The predicted octanol–water partition coefficient (Wildman–Crippen LogP) is 3.79. The molecule has 102 valence electrons. The summed E-state index contributed by atoms with van der Waals surface area (Å²) in [6, 6.07) is 8.35. The van der Waals surface area contributed by atoms with Crippen LogP contribution >= 0.6 is 12.2 Å². The van der Waals surface area contributed by atoms with E-state index in [9.17, 15) is 0 Å². The van der Waals surface area contributed by atoms with Gasteiger partial charge in [0, 0.05) is 23.2 Å². The number of aromatic nitrogens is 4. The number of hydrogen-bond acceptors (Lipinski definition) is 3. The van der Waals surface area contributed by atoms with E-state index in [0.29, 0.717) is 4.77 Å². The van der Waals surface area contributed by atoms with Crippen LogP contribution in [0.15, 0.2) is 24.3 Å². The molecule has 0 bridgehead atoms. The van der Waals surface area contributed by atoms with Crippen LogP contribution in [-0.4, -0.2) is 19.7 Å². The van der Waals surface area contributed by atoms with Crippen LogP contribution in [0.4, 0.5) is 0 Å². The van der Waals surface area contributed by atoms with E-state index >= 15 is 0 Å². The van der Waals surface area contributed by atoms with Crippen molar-refractivity contribution in [3.8, 4) is 11.4 Å². The number of aromatic amines is 1. The third-order valence-corrected chi connectivity index (χ3v) is 3.72. The molecule has 0 aliphatic rings. The Morgan fingerprint density at radius 3 is 2.80 bits per heavy atom. The van der Waals surface area contributed by atoms with Crippen molar-refractivity contribution in [2.24, 2.45) is 0 Å². The van der Waals surface area contributed by atoms with E-state index in [1.54, 1.807) is 0 Å².